The van der Waals surface area contributed by atoms with E-state index in [1.807, 2.05) is 32.0 Å². The third-order valence-electron chi connectivity index (χ3n) is 3.73. The highest BCUT2D eigenvalue weighted by Crippen LogP contribution is 2.20. The maximum absolute atomic E-state index is 12.3. The van der Waals surface area contributed by atoms with Gasteiger partial charge in [-0.1, -0.05) is 17.7 Å². The number of hydrogen-bond donors (Lipinski definition) is 1. The fraction of sp³-hybridized carbons (Fsp3) is 0.333. The lowest BCUT2D eigenvalue weighted by atomic mass is 10.1. The van der Waals surface area contributed by atoms with E-state index in [1.54, 1.807) is 45.0 Å². The highest BCUT2D eigenvalue weighted by Gasteiger charge is 2.16. The molecule has 0 spiro atoms. The van der Waals surface area contributed by atoms with Crippen molar-refractivity contribution in [1.82, 2.24) is 0 Å². The van der Waals surface area contributed by atoms with E-state index in [4.69, 9.17) is 9.47 Å². The van der Waals surface area contributed by atoms with E-state index < -0.39 is 6.10 Å². The molecule has 5 nitrogen and oxygen atoms in total. The summed E-state index contributed by atoms with van der Waals surface area (Å²) in [5, 5.41) is 2.78. The number of carbonyl (C=O) groups is 2. The van der Waals surface area contributed by atoms with Gasteiger partial charge < -0.3 is 14.8 Å². The van der Waals surface area contributed by atoms with Crippen molar-refractivity contribution in [2.24, 2.45) is 0 Å². The standard InChI is InChI=1S/C21H25NO4/c1-13(2)25-21(24)17-7-9-18(10-8-17)22-20(23)16(5)26-19-11-6-14(3)12-15(19)4/h6-13,16H,1-5H3,(H,22,23). The molecule has 1 amide bonds. The molecule has 2 aromatic carbocycles. The van der Waals surface area contributed by atoms with Crippen molar-refractivity contribution in [3.05, 3.63) is 59.2 Å². The van der Waals surface area contributed by atoms with Gasteiger partial charge >= 0.3 is 5.97 Å². The third-order valence-corrected chi connectivity index (χ3v) is 3.73. The Kier molecular flexibility index (Phi) is 6.39. The van der Waals surface area contributed by atoms with Crippen molar-refractivity contribution in [2.45, 2.75) is 46.8 Å². The topological polar surface area (TPSA) is 64.6 Å². The molecule has 0 aromatic heterocycles. The van der Waals surface area contributed by atoms with Crippen molar-refractivity contribution in [2.75, 3.05) is 5.32 Å². The van der Waals surface area contributed by atoms with E-state index >= 15 is 0 Å². The molecule has 138 valence electrons. The van der Waals surface area contributed by atoms with Gasteiger partial charge in [0.25, 0.3) is 5.91 Å². The molecule has 1 unspecified atom stereocenters. The number of amides is 1. The Labute approximate surface area is 154 Å². The van der Waals surface area contributed by atoms with Gasteiger partial charge in [0.1, 0.15) is 5.75 Å². The van der Waals surface area contributed by atoms with Crippen LogP contribution in [0.1, 0.15) is 42.3 Å². The smallest absolute Gasteiger partial charge is 0.338 e. The summed E-state index contributed by atoms with van der Waals surface area (Å²) >= 11 is 0. The molecule has 2 rings (SSSR count). The molecule has 5 heteroatoms. The zero-order chi connectivity index (χ0) is 19.3. The van der Waals surface area contributed by atoms with Crippen molar-refractivity contribution < 1.29 is 19.1 Å². The third kappa shape index (κ3) is 5.34. The average molecular weight is 355 g/mol. The Bertz CT molecular complexity index is 781. The molecule has 0 bridgehead atoms. The van der Waals surface area contributed by atoms with Crippen LogP contribution in [-0.4, -0.2) is 24.1 Å². The summed E-state index contributed by atoms with van der Waals surface area (Å²) in [7, 11) is 0. The maximum Gasteiger partial charge on any atom is 0.338 e. The molecule has 2 aromatic rings. The Morgan fingerprint density at radius 1 is 0.962 bits per heavy atom. The average Bonchev–Trinajstić information content (AvgIpc) is 2.57. The van der Waals surface area contributed by atoms with Crippen LogP contribution in [-0.2, 0) is 9.53 Å². The minimum Gasteiger partial charge on any atom is -0.481 e. The Balaban J connectivity index is 1.97. The summed E-state index contributed by atoms with van der Waals surface area (Å²) in [5.74, 6) is 0.0388. The van der Waals surface area contributed by atoms with Crippen molar-refractivity contribution in [3.63, 3.8) is 0 Å². The number of benzene rings is 2. The monoisotopic (exact) mass is 355 g/mol. The minimum atomic E-state index is -0.651. The predicted octanol–water partition coefficient (Wildman–Crippen LogP) is 4.27. The van der Waals surface area contributed by atoms with E-state index in [2.05, 4.69) is 5.32 Å². The fourth-order valence-corrected chi connectivity index (χ4v) is 2.39. The molecular weight excluding hydrogens is 330 g/mol. The van der Waals surface area contributed by atoms with E-state index in [-0.39, 0.29) is 18.0 Å². The number of carbonyl (C=O) groups excluding carboxylic acids is 2. The van der Waals surface area contributed by atoms with Crippen LogP contribution in [0.5, 0.6) is 5.75 Å². The molecule has 0 fully saturated rings. The summed E-state index contributed by atoms with van der Waals surface area (Å²) < 4.78 is 10.9. The van der Waals surface area contributed by atoms with E-state index in [9.17, 15) is 9.59 Å². The summed E-state index contributed by atoms with van der Waals surface area (Å²) in [6, 6.07) is 12.4. The zero-order valence-electron chi connectivity index (χ0n) is 15.8. The van der Waals surface area contributed by atoms with Gasteiger partial charge in [-0.3, -0.25) is 4.79 Å². The van der Waals surface area contributed by atoms with Crippen LogP contribution in [0.15, 0.2) is 42.5 Å². The number of aryl methyl sites for hydroxylation is 2. The molecular formula is C21H25NO4. The summed E-state index contributed by atoms with van der Waals surface area (Å²) in [6.07, 6.45) is -0.827. The highest BCUT2D eigenvalue weighted by atomic mass is 16.5. The first-order chi connectivity index (χ1) is 12.3. The SMILES string of the molecule is Cc1ccc(OC(C)C(=O)Nc2ccc(C(=O)OC(C)C)cc2)c(C)c1. The first-order valence-corrected chi connectivity index (χ1v) is 8.62. The van der Waals surface area contributed by atoms with Gasteiger partial charge in [0.15, 0.2) is 6.10 Å². The molecule has 0 aliphatic rings. The molecule has 0 saturated carbocycles. The van der Waals surface area contributed by atoms with Crippen molar-refractivity contribution in [3.8, 4) is 5.75 Å². The van der Waals surface area contributed by atoms with Crippen LogP contribution in [0.4, 0.5) is 5.69 Å². The second-order valence-electron chi connectivity index (χ2n) is 6.55. The maximum atomic E-state index is 12.3. The highest BCUT2D eigenvalue weighted by molar-refractivity contribution is 5.95. The lowest BCUT2D eigenvalue weighted by molar-refractivity contribution is -0.122. The first kappa shape index (κ1) is 19.5. The van der Waals surface area contributed by atoms with E-state index in [0.717, 1.165) is 11.1 Å². The number of ether oxygens (including phenoxy) is 2. The van der Waals surface area contributed by atoms with Gasteiger partial charge in [0, 0.05) is 5.69 Å². The summed E-state index contributed by atoms with van der Waals surface area (Å²) in [4.78, 5) is 24.2. The second-order valence-corrected chi connectivity index (χ2v) is 6.55. The summed E-state index contributed by atoms with van der Waals surface area (Å²) in [5.41, 5.74) is 3.16. The van der Waals surface area contributed by atoms with Crippen LogP contribution < -0.4 is 10.1 Å². The van der Waals surface area contributed by atoms with Gasteiger partial charge in [-0.25, -0.2) is 4.79 Å². The molecule has 26 heavy (non-hydrogen) atoms. The zero-order valence-corrected chi connectivity index (χ0v) is 15.8. The largest absolute Gasteiger partial charge is 0.481 e. The number of nitrogens with one attached hydrogen (secondary N) is 1. The van der Waals surface area contributed by atoms with Crippen LogP contribution in [0.25, 0.3) is 0 Å². The lowest BCUT2D eigenvalue weighted by Crippen LogP contribution is -2.30. The Morgan fingerprint density at radius 2 is 1.62 bits per heavy atom. The lowest BCUT2D eigenvalue weighted by Gasteiger charge is -2.16. The normalized spacial score (nSPS) is 11.8. The van der Waals surface area contributed by atoms with Crippen molar-refractivity contribution >= 4 is 17.6 Å². The van der Waals surface area contributed by atoms with E-state index in [0.29, 0.717) is 17.0 Å². The van der Waals surface area contributed by atoms with Crippen LogP contribution >= 0.6 is 0 Å². The molecule has 1 atom stereocenters. The van der Waals surface area contributed by atoms with Crippen molar-refractivity contribution in [1.29, 1.82) is 0 Å². The molecule has 0 saturated heterocycles. The van der Waals surface area contributed by atoms with Gasteiger partial charge in [0.05, 0.1) is 11.7 Å². The number of rotatable bonds is 6. The number of anilines is 1. The molecule has 1 N–H and O–H groups in total. The molecule has 0 aliphatic carbocycles. The van der Waals surface area contributed by atoms with Crippen LogP contribution in [0.3, 0.4) is 0 Å². The van der Waals surface area contributed by atoms with Crippen LogP contribution in [0, 0.1) is 13.8 Å². The predicted molar refractivity (Wildman–Crippen MR) is 102 cm³/mol. The van der Waals surface area contributed by atoms with Crippen LogP contribution in [0.2, 0.25) is 0 Å². The van der Waals surface area contributed by atoms with Gasteiger partial charge in [0.2, 0.25) is 0 Å². The Hall–Kier alpha value is -2.82. The second kappa shape index (κ2) is 8.52. The first-order valence-electron chi connectivity index (χ1n) is 8.62. The molecule has 0 heterocycles. The fourth-order valence-electron chi connectivity index (χ4n) is 2.39. The molecule has 0 radical (unpaired) electrons. The quantitative estimate of drug-likeness (QED) is 0.786. The van der Waals surface area contributed by atoms with E-state index in [1.165, 1.54) is 0 Å². The van der Waals surface area contributed by atoms with Gasteiger partial charge in [-0.15, -0.1) is 0 Å². The summed E-state index contributed by atoms with van der Waals surface area (Å²) in [6.45, 7) is 9.24. The van der Waals surface area contributed by atoms with Gasteiger partial charge in [-0.05, 0) is 70.5 Å². The number of hydrogen-bond acceptors (Lipinski definition) is 4. The number of esters is 1. The Morgan fingerprint density at radius 3 is 2.19 bits per heavy atom. The minimum absolute atomic E-state index is 0.176. The molecule has 0 aliphatic heterocycles. The van der Waals surface area contributed by atoms with Gasteiger partial charge in [-0.2, -0.15) is 0 Å².